The summed E-state index contributed by atoms with van der Waals surface area (Å²) in [4.78, 5) is 23.1. The highest BCUT2D eigenvalue weighted by Gasteiger charge is 2.30. The predicted molar refractivity (Wildman–Crippen MR) is 77.1 cm³/mol. The fraction of sp³-hybridized carbons (Fsp3) is 0.643. The van der Waals surface area contributed by atoms with E-state index in [1.807, 2.05) is 6.92 Å². The van der Waals surface area contributed by atoms with E-state index in [-0.39, 0.29) is 0 Å². The second-order valence-electron chi connectivity index (χ2n) is 5.88. The number of nitrogens with one attached hydrogen (secondary N) is 1. The maximum Gasteiger partial charge on any atom is 0.408 e. The van der Waals surface area contributed by atoms with Crippen LogP contribution in [0, 0.1) is 0 Å². The molecule has 0 aliphatic rings. The summed E-state index contributed by atoms with van der Waals surface area (Å²) in [7, 11) is 0. The number of ether oxygens (including phenoxy) is 1. The monoisotopic (exact) mass is 297 g/mol. The predicted octanol–water partition coefficient (Wildman–Crippen LogP) is 1.98. The normalized spacial score (nSPS) is 14.3. The Morgan fingerprint density at radius 3 is 2.52 bits per heavy atom. The van der Waals surface area contributed by atoms with Gasteiger partial charge < -0.3 is 15.2 Å². The molecule has 2 atom stereocenters. The van der Waals surface area contributed by atoms with Gasteiger partial charge in [0.25, 0.3) is 0 Å². The summed E-state index contributed by atoms with van der Waals surface area (Å²) in [5.74, 6) is -1.14. The average Bonchev–Trinajstić information content (AvgIpc) is 2.81. The molecule has 1 amide bonds. The van der Waals surface area contributed by atoms with Gasteiger partial charge in [0, 0.05) is 6.20 Å². The Morgan fingerprint density at radius 2 is 2.10 bits per heavy atom. The lowest BCUT2D eigenvalue weighted by atomic mass is 10.1. The molecule has 1 heterocycles. The van der Waals surface area contributed by atoms with Crippen LogP contribution >= 0.6 is 0 Å². The molecule has 21 heavy (non-hydrogen) atoms. The Balaban J connectivity index is 2.81. The second kappa shape index (κ2) is 6.60. The minimum Gasteiger partial charge on any atom is -0.480 e. The van der Waals surface area contributed by atoms with E-state index in [2.05, 4.69) is 10.4 Å². The first kappa shape index (κ1) is 17.0. The van der Waals surface area contributed by atoms with Crippen LogP contribution < -0.4 is 5.32 Å². The van der Waals surface area contributed by atoms with Crippen LogP contribution in [0.2, 0.25) is 0 Å². The summed E-state index contributed by atoms with van der Waals surface area (Å²) in [6, 6.07) is -1.65. The van der Waals surface area contributed by atoms with Crippen molar-refractivity contribution in [2.75, 3.05) is 0 Å². The fourth-order valence-corrected chi connectivity index (χ4v) is 1.76. The van der Waals surface area contributed by atoms with Gasteiger partial charge in [0.05, 0.1) is 12.2 Å². The number of carboxylic acid groups (broad SMARTS) is 1. The number of carbonyl (C=O) groups is 2. The molecular formula is C14H23N3O4. The summed E-state index contributed by atoms with van der Waals surface area (Å²) in [6.45, 7) is 8.81. The summed E-state index contributed by atoms with van der Waals surface area (Å²) in [5.41, 5.74) is 0.320. The molecule has 0 aliphatic carbocycles. The Kier molecular flexibility index (Phi) is 5.34. The lowest BCUT2D eigenvalue weighted by molar-refractivity contribution is -0.140. The number of aromatic nitrogens is 2. The number of carbonyl (C=O) groups excluding carboxylic acids is 1. The Bertz CT molecular complexity index is 505. The number of hydrogen-bond acceptors (Lipinski definition) is 4. The molecular weight excluding hydrogens is 274 g/mol. The van der Waals surface area contributed by atoms with Crippen molar-refractivity contribution in [1.29, 1.82) is 0 Å². The Morgan fingerprint density at radius 1 is 1.48 bits per heavy atom. The summed E-state index contributed by atoms with van der Waals surface area (Å²) < 4.78 is 6.62. The van der Waals surface area contributed by atoms with Crippen LogP contribution in [-0.2, 0) is 16.0 Å². The van der Waals surface area contributed by atoms with Crippen molar-refractivity contribution < 1.29 is 19.4 Å². The van der Waals surface area contributed by atoms with Gasteiger partial charge in [-0.3, -0.25) is 4.68 Å². The standard InChI is InChI=1S/C14H23N3O4/c1-6-10-7-15-17(8-10)9(2)11(12(18)19)16-13(20)21-14(3,4)5/h7-9,11H,6H2,1-5H3,(H,16,20)(H,18,19). The number of aliphatic carboxylic acids is 1. The van der Waals surface area contributed by atoms with Crippen molar-refractivity contribution in [2.24, 2.45) is 0 Å². The molecule has 0 aromatic carbocycles. The quantitative estimate of drug-likeness (QED) is 0.866. The lowest BCUT2D eigenvalue weighted by Gasteiger charge is -2.25. The topological polar surface area (TPSA) is 93.5 Å². The van der Waals surface area contributed by atoms with Gasteiger partial charge in [-0.2, -0.15) is 5.10 Å². The smallest absolute Gasteiger partial charge is 0.408 e. The van der Waals surface area contributed by atoms with Crippen molar-refractivity contribution >= 4 is 12.1 Å². The molecule has 1 aromatic rings. The van der Waals surface area contributed by atoms with Crippen LogP contribution in [0.25, 0.3) is 0 Å². The van der Waals surface area contributed by atoms with Gasteiger partial charge >= 0.3 is 12.1 Å². The minimum absolute atomic E-state index is 0.532. The molecule has 0 radical (unpaired) electrons. The summed E-state index contributed by atoms with van der Waals surface area (Å²) >= 11 is 0. The lowest BCUT2D eigenvalue weighted by Crippen LogP contribution is -2.47. The molecule has 7 heteroatoms. The van der Waals surface area contributed by atoms with E-state index in [0.717, 1.165) is 12.0 Å². The zero-order valence-corrected chi connectivity index (χ0v) is 13.1. The molecule has 2 N–H and O–H groups in total. The SMILES string of the molecule is CCc1cnn(C(C)C(NC(=O)OC(C)(C)C)C(=O)O)c1. The number of amides is 1. The molecule has 7 nitrogen and oxygen atoms in total. The van der Waals surface area contributed by atoms with Gasteiger partial charge in [-0.15, -0.1) is 0 Å². The average molecular weight is 297 g/mol. The van der Waals surface area contributed by atoms with Gasteiger partial charge in [0.2, 0.25) is 0 Å². The van der Waals surface area contributed by atoms with E-state index in [1.54, 1.807) is 40.1 Å². The third kappa shape index (κ3) is 5.09. The molecule has 1 rings (SSSR count). The highest BCUT2D eigenvalue weighted by Crippen LogP contribution is 2.14. The molecule has 118 valence electrons. The number of rotatable bonds is 5. The Labute approximate surface area is 124 Å². The maximum absolute atomic E-state index is 11.7. The van der Waals surface area contributed by atoms with Gasteiger partial charge in [-0.25, -0.2) is 9.59 Å². The van der Waals surface area contributed by atoms with Crippen molar-refractivity contribution in [3.05, 3.63) is 18.0 Å². The number of aryl methyl sites for hydroxylation is 1. The van der Waals surface area contributed by atoms with Crippen molar-refractivity contribution in [2.45, 2.75) is 58.7 Å². The van der Waals surface area contributed by atoms with E-state index in [0.29, 0.717) is 0 Å². The van der Waals surface area contributed by atoms with Crippen LogP contribution in [0.4, 0.5) is 4.79 Å². The van der Waals surface area contributed by atoms with Crippen LogP contribution in [0.5, 0.6) is 0 Å². The molecule has 0 saturated carbocycles. The first-order valence-electron chi connectivity index (χ1n) is 6.89. The van der Waals surface area contributed by atoms with Gasteiger partial charge in [-0.05, 0) is 39.7 Å². The van der Waals surface area contributed by atoms with Gasteiger partial charge in [-0.1, -0.05) is 6.92 Å². The number of carboxylic acids is 1. The summed E-state index contributed by atoms with van der Waals surface area (Å²) in [6.07, 6.45) is 3.51. The highest BCUT2D eigenvalue weighted by molar-refractivity contribution is 5.80. The van der Waals surface area contributed by atoms with E-state index >= 15 is 0 Å². The first-order chi connectivity index (χ1) is 9.64. The van der Waals surface area contributed by atoms with Gasteiger partial charge in [0.1, 0.15) is 5.60 Å². The third-order valence-corrected chi connectivity index (χ3v) is 2.90. The third-order valence-electron chi connectivity index (χ3n) is 2.90. The molecule has 0 spiro atoms. The van der Waals surface area contributed by atoms with Crippen LogP contribution in [0.15, 0.2) is 12.4 Å². The summed E-state index contributed by atoms with van der Waals surface area (Å²) in [5, 5.41) is 15.8. The second-order valence-corrected chi connectivity index (χ2v) is 5.88. The van der Waals surface area contributed by atoms with E-state index < -0.39 is 29.7 Å². The zero-order chi connectivity index (χ0) is 16.2. The van der Waals surface area contributed by atoms with E-state index in [9.17, 15) is 14.7 Å². The van der Waals surface area contributed by atoms with Gasteiger partial charge in [0.15, 0.2) is 6.04 Å². The van der Waals surface area contributed by atoms with E-state index in [1.165, 1.54) is 4.68 Å². The highest BCUT2D eigenvalue weighted by atomic mass is 16.6. The fourth-order valence-electron chi connectivity index (χ4n) is 1.76. The maximum atomic E-state index is 11.7. The molecule has 0 fully saturated rings. The molecule has 0 aliphatic heterocycles. The molecule has 0 bridgehead atoms. The van der Waals surface area contributed by atoms with Crippen LogP contribution in [-0.4, -0.2) is 38.6 Å². The zero-order valence-electron chi connectivity index (χ0n) is 13.1. The molecule has 0 saturated heterocycles. The largest absolute Gasteiger partial charge is 0.480 e. The number of alkyl carbamates (subject to hydrolysis) is 1. The first-order valence-corrected chi connectivity index (χ1v) is 6.89. The van der Waals surface area contributed by atoms with Crippen LogP contribution in [0.3, 0.4) is 0 Å². The van der Waals surface area contributed by atoms with E-state index in [4.69, 9.17) is 4.74 Å². The molecule has 2 unspecified atom stereocenters. The molecule has 1 aromatic heterocycles. The van der Waals surface area contributed by atoms with Crippen LogP contribution in [0.1, 0.15) is 46.2 Å². The number of hydrogen-bond donors (Lipinski definition) is 2. The minimum atomic E-state index is -1.14. The Hall–Kier alpha value is -2.05. The van der Waals surface area contributed by atoms with Crippen molar-refractivity contribution in [3.63, 3.8) is 0 Å². The van der Waals surface area contributed by atoms with Crippen molar-refractivity contribution in [1.82, 2.24) is 15.1 Å². The van der Waals surface area contributed by atoms with Crippen molar-refractivity contribution in [3.8, 4) is 0 Å². The number of nitrogens with zero attached hydrogens (tertiary/aromatic N) is 2.